The Morgan fingerprint density at radius 3 is 2.54 bits per heavy atom. The van der Waals surface area contributed by atoms with Crippen molar-refractivity contribution in [3.63, 3.8) is 0 Å². The molecule has 4 heteroatoms. The molecule has 0 aliphatic carbocycles. The zero-order valence-corrected chi connectivity index (χ0v) is 8.76. The third-order valence-corrected chi connectivity index (χ3v) is 2.41. The smallest absolute Gasteiger partial charge is 0.196 e. The van der Waals surface area contributed by atoms with Gasteiger partial charge in [0.15, 0.2) is 11.8 Å². The fourth-order valence-electron chi connectivity index (χ4n) is 0.711. The topological polar surface area (TPSA) is 46.3 Å². The van der Waals surface area contributed by atoms with Gasteiger partial charge in [-0.05, 0) is 11.4 Å². The predicted molar refractivity (Wildman–Crippen MR) is 54.5 cm³/mol. The van der Waals surface area contributed by atoms with E-state index in [1.807, 2.05) is 20.8 Å². The van der Waals surface area contributed by atoms with Crippen LogP contribution in [0, 0.1) is 5.21 Å². The van der Waals surface area contributed by atoms with E-state index < -0.39 is 5.54 Å². The van der Waals surface area contributed by atoms with Crippen molar-refractivity contribution >= 4 is 17.6 Å². The summed E-state index contributed by atoms with van der Waals surface area (Å²) in [7, 11) is 0. The minimum Gasteiger partial charge on any atom is -0.623 e. The van der Waals surface area contributed by atoms with Gasteiger partial charge >= 0.3 is 0 Å². The van der Waals surface area contributed by atoms with Gasteiger partial charge in [-0.25, -0.2) is 4.74 Å². The lowest BCUT2D eigenvalue weighted by Gasteiger charge is -2.18. The van der Waals surface area contributed by atoms with Crippen LogP contribution in [0.1, 0.15) is 25.6 Å². The Balaban J connectivity index is 2.96. The lowest BCUT2D eigenvalue weighted by molar-refractivity contribution is -0.530. The molecule has 1 aromatic rings. The minimum absolute atomic E-state index is 0.162. The molecule has 0 spiro atoms. The van der Waals surface area contributed by atoms with E-state index in [4.69, 9.17) is 0 Å². The monoisotopic (exact) mass is 199 g/mol. The molecule has 0 amide bonds. The van der Waals surface area contributed by atoms with Crippen molar-refractivity contribution in [2.24, 2.45) is 0 Å². The lowest BCUT2D eigenvalue weighted by atomic mass is 10.1. The van der Waals surface area contributed by atoms with Crippen LogP contribution in [-0.4, -0.2) is 21.6 Å². The molecule has 0 saturated carbocycles. The second-order valence-electron chi connectivity index (χ2n) is 3.80. The van der Waals surface area contributed by atoms with Crippen LogP contribution in [0.5, 0.6) is 5.75 Å². The van der Waals surface area contributed by atoms with Crippen molar-refractivity contribution in [1.82, 2.24) is 0 Å². The summed E-state index contributed by atoms with van der Waals surface area (Å²) >= 11 is 1.35. The summed E-state index contributed by atoms with van der Waals surface area (Å²) in [5.74, 6) is 0.162. The average Bonchev–Trinajstić information content (AvgIpc) is 2.34. The van der Waals surface area contributed by atoms with Gasteiger partial charge in [-0.1, -0.05) is 0 Å². The minimum atomic E-state index is -0.462. The summed E-state index contributed by atoms with van der Waals surface area (Å²) in [6, 6.07) is 1.58. The van der Waals surface area contributed by atoms with Crippen LogP contribution in [0.15, 0.2) is 11.4 Å². The van der Waals surface area contributed by atoms with E-state index in [0.29, 0.717) is 4.88 Å². The van der Waals surface area contributed by atoms with E-state index in [-0.39, 0.29) is 5.75 Å². The number of hydrogen-bond acceptors (Lipinski definition) is 3. The van der Waals surface area contributed by atoms with E-state index in [1.54, 1.807) is 11.4 Å². The first-order chi connectivity index (χ1) is 5.91. The fraction of sp³-hybridized carbons (Fsp3) is 0.444. The molecular weight excluding hydrogens is 186 g/mol. The van der Waals surface area contributed by atoms with E-state index in [0.717, 1.165) is 4.74 Å². The van der Waals surface area contributed by atoms with Gasteiger partial charge in [-0.2, -0.15) is 0 Å². The molecule has 1 heterocycles. The third kappa shape index (κ3) is 2.45. The summed E-state index contributed by atoms with van der Waals surface area (Å²) < 4.78 is 0.846. The molecule has 1 N–H and O–H groups in total. The zero-order valence-electron chi connectivity index (χ0n) is 7.94. The number of hydrogen-bond donors (Lipinski definition) is 1. The van der Waals surface area contributed by atoms with Crippen molar-refractivity contribution < 1.29 is 9.85 Å². The first-order valence-corrected chi connectivity index (χ1v) is 4.87. The van der Waals surface area contributed by atoms with E-state index >= 15 is 0 Å². The summed E-state index contributed by atoms with van der Waals surface area (Å²) in [5, 5.41) is 22.5. The highest BCUT2D eigenvalue weighted by Crippen LogP contribution is 2.21. The average molecular weight is 199 g/mol. The van der Waals surface area contributed by atoms with Crippen LogP contribution in [0.25, 0.3) is 0 Å². The summed E-state index contributed by atoms with van der Waals surface area (Å²) in [6.45, 7) is 5.46. The van der Waals surface area contributed by atoms with Crippen molar-refractivity contribution in [3.05, 3.63) is 21.5 Å². The number of rotatable bonds is 1. The van der Waals surface area contributed by atoms with Crippen molar-refractivity contribution in [2.45, 2.75) is 26.3 Å². The quantitative estimate of drug-likeness (QED) is 0.326. The van der Waals surface area contributed by atoms with E-state index in [1.165, 1.54) is 17.6 Å². The zero-order chi connectivity index (χ0) is 10.1. The Morgan fingerprint density at radius 1 is 1.54 bits per heavy atom. The van der Waals surface area contributed by atoms with Crippen LogP contribution < -0.4 is 0 Å². The van der Waals surface area contributed by atoms with Crippen molar-refractivity contribution in [1.29, 1.82) is 0 Å². The molecular formula is C9H13NO2S. The Hall–Kier alpha value is -1.03. The van der Waals surface area contributed by atoms with Crippen LogP contribution in [0.3, 0.4) is 0 Å². The molecule has 3 nitrogen and oxygen atoms in total. The standard InChI is InChI=1S/C9H13NO2S/c1-9(2,3)10(12)6-8-7(11)4-5-13-8/h4-6,11H,1-3H3. The maximum absolute atomic E-state index is 11.4. The molecule has 72 valence electrons. The first kappa shape index (κ1) is 10.1. The molecule has 0 radical (unpaired) electrons. The van der Waals surface area contributed by atoms with Gasteiger partial charge in [0.1, 0.15) is 10.6 Å². The second-order valence-corrected chi connectivity index (χ2v) is 4.74. The van der Waals surface area contributed by atoms with Gasteiger partial charge in [0.2, 0.25) is 0 Å². The number of hydroxylamine groups is 1. The van der Waals surface area contributed by atoms with Crippen molar-refractivity contribution in [2.75, 3.05) is 0 Å². The molecule has 0 bridgehead atoms. The van der Waals surface area contributed by atoms with Crippen molar-refractivity contribution in [3.8, 4) is 5.75 Å². The SMILES string of the molecule is CC(C)(C)[N+]([O-])=Cc1sccc1O. The van der Waals surface area contributed by atoms with Gasteiger partial charge in [0, 0.05) is 20.8 Å². The lowest BCUT2D eigenvalue weighted by Crippen LogP contribution is -2.29. The Morgan fingerprint density at radius 2 is 2.15 bits per heavy atom. The molecule has 13 heavy (non-hydrogen) atoms. The van der Waals surface area contributed by atoms with Gasteiger partial charge in [0.05, 0.1) is 0 Å². The second kappa shape index (κ2) is 3.38. The largest absolute Gasteiger partial charge is 0.623 e. The van der Waals surface area contributed by atoms with Gasteiger partial charge < -0.3 is 10.3 Å². The molecule has 0 aromatic carbocycles. The number of aromatic hydroxyl groups is 1. The van der Waals surface area contributed by atoms with Gasteiger partial charge in [-0.15, -0.1) is 11.3 Å². The Bertz CT molecular complexity index is 323. The maximum Gasteiger partial charge on any atom is 0.196 e. The van der Waals surface area contributed by atoms with Gasteiger partial charge in [0.25, 0.3) is 0 Å². The molecule has 0 fully saturated rings. The Kier molecular flexibility index (Phi) is 2.61. The number of thiophene rings is 1. The molecule has 0 saturated heterocycles. The maximum atomic E-state index is 11.4. The third-order valence-electron chi connectivity index (χ3n) is 1.57. The first-order valence-electron chi connectivity index (χ1n) is 3.99. The highest BCUT2D eigenvalue weighted by atomic mass is 32.1. The summed E-state index contributed by atoms with van der Waals surface area (Å²) in [5.41, 5.74) is -0.462. The van der Waals surface area contributed by atoms with Crippen LogP contribution in [0.4, 0.5) is 0 Å². The van der Waals surface area contributed by atoms with Gasteiger partial charge in [-0.3, -0.25) is 0 Å². The molecule has 0 aliphatic rings. The highest BCUT2D eigenvalue weighted by Gasteiger charge is 2.18. The molecule has 0 atom stereocenters. The van der Waals surface area contributed by atoms with Crippen LogP contribution >= 0.6 is 11.3 Å². The normalized spacial score (nSPS) is 13.3. The Labute approximate surface area is 81.5 Å². The fourth-order valence-corrected chi connectivity index (χ4v) is 1.40. The summed E-state index contributed by atoms with van der Waals surface area (Å²) in [4.78, 5) is 0.602. The van der Waals surface area contributed by atoms with Crippen LogP contribution in [0.2, 0.25) is 0 Å². The number of nitrogens with zero attached hydrogens (tertiary/aromatic N) is 1. The van der Waals surface area contributed by atoms with E-state index in [9.17, 15) is 10.3 Å². The predicted octanol–water partition coefficient (Wildman–Crippen LogP) is 2.18. The summed E-state index contributed by atoms with van der Waals surface area (Å²) in [6.07, 6.45) is 1.42. The molecule has 0 aliphatic heterocycles. The van der Waals surface area contributed by atoms with Crippen LogP contribution in [-0.2, 0) is 0 Å². The molecule has 1 aromatic heterocycles. The molecule has 1 rings (SSSR count). The van der Waals surface area contributed by atoms with E-state index in [2.05, 4.69) is 0 Å². The highest BCUT2D eigenvalue weighted by molar-refractivity contribution is 7.12. The molecule has 0 unspecified atom stereocenters.